The molecule has 0 amide bonds. The van der Waals surface area contributed by atoms with Crippen LogP contribution in [0.1, 0.15) is 6.92 Å². The highest BCUT2D eigenvalue weighted by Crippen LogP contribution is 2.49. The number of aliphatic carboxylic acids is 1. The zero-order chi connectivity index (χ0) is 20.4. The maximum absolute atomic E-state index is 13.8. The van der Waals surface area contributed by atoms with E-state index in [0.717, 1.165) is 0 Å². The molecule has 0 saturated carbocycles. The first-order valence-corrected chi connectivity index (χ1v) is 6.58. The quantitative estimate of drug-likeness (QED) is 0.273. The van der Waals surface area contributed by atoms with Crippen LogP contribution >= 0.6 is 0 Å². The summed E-state index contributed by atoms with van der Waals surface area (Å²) in [6.07, 6.45) is -6.68. The minimum atomic E-state index is -6.68. The fourth-order valence-corrected chi connectivity index (χ4v) is 1.86. The molecule has 1 atom stereocenters. The largest absolute Gasteiger partial charge is 0.544 e. The van der Waals surface area contributed by atoms with Gasteiger partial charge < -0.3 is 19.1 Å². The lowest BCUT2D eigenvalue weighted by molar-refractivity contribution is -0.919. The molecule has 0 spiro atoms. The summed E-state index contributed by atoms with van der Waals surface area (Å²) in [5.74, 6) is -16.4. The van der Waals surface area contributed by atoms with Gasteiger partial charge in [0, 0.05) is 5.57 Å². The van der Waals surface area contributed by atoms with E-state index in [1.165, 1.54) is 6.92 Å². The summed E-state index contributed by atoms with van der Waals surface area (Å²) in [6.45, 7) is 2.91. The molecule has 0 radical (unpaired) electrons. The van der Waals surface area contributed by atoms with Gasteiger partial charge in [0.1, 0.15) is 19.1 Å². The zero-order valence-corrected chi connectivity index (χ0v) is 13.4. The summed E-state index contributed by atoms with van der Waals surface area (Å²) in [5, 5.41) is 10.9. The average Bonchev–Trinajstić information content (AvgIpc) is 2.34. The molecular weight excluding hydrogens is 367 g/mol. The highest BCUT2D eigenvalue weighted by molar-refractivity contribution is 5.86. The SMILES string of the molecule is C=C(C)C(=O)OCC[N+](C)(C)C(C(=O)[O-])C(F)(F)C(F)(F)C(F)(F)F. The molecule has 0 bridgehead atoms. The van der Waals surface area contributed by atoms with Gasteiger partial charge in [0.15, 0.2) is 6.04 Å². The van der Waals surface area contributed by atoms with Crippen molar-refractivity contribution in [3.05, 3.63) is 12.2 Å². The summed E-state index contributed by atoms with van der Waals surface area (Å²) in [4.78, 5) is 22.1. The average molecular weight is 383 g/mol. The second-order valence-electron chi connectivity index (χ2n) is 5.84. The molecule has 0 fully saturated rings. The third-order valence-corrected chi connectivity index (χ3v) is 3.29. The van der Waals surface area contributed by atoms with E-state index >= 15 is 0 Å². The molecule has 0 aliphatic carbocycles. The molecule has 1 unspecified atom stereocenters. The van der Waals surface area contributed by atoms with Crippen LogP contribution in [-0.2, 0) is 14.3 Å². The monoisotopic (exact) mass is 383 g/mol. The molecule has 0 aliphatic heterocycles. The summed E-state index contributed by atoms with van der Waals surface area (Å²) in [7, 11) is 1.32. The summed E-state index contributed by atoms with van der Waals surface area (Å²) in [6, 6.07) is -3.56. The van der Waals surface area contributed by atoms with Crippen molar-refractivity contribution in [2.24, 2.45) is 0 Å². The predicted octanol–water partition coefficient (Wildman–Crippen LogP) is 1.13. The van der Waals surface area contributed by atoms with Crippen LogP contribution < -0.4 is 5.11 Å². The van der Waals surface area contributed by atoms with Crippen LogP contribution in [0.5, 0.6) is 0 Å². The minimum absolute atomic E-state index is 0.0873. The van der Waals surface area contributed by atoms with E-state index in [9.17, 15) is 45.4 Å². The molecule has 0 saturated heterocycles. The number of ether oxygens (including phenoxy) is 1. The van der Waals surface area contributed by atoms with Crippen LogP contribution in [0.4, 0.5) is 30.7 Å². The Morgan fingerprint density at radius 2 is 1.56 bits per heavy atom. The first-order chi connectivity index (χ1) is 10.9. The molecule has 12 heteroatoms. The molecule has 25 heavy (non-hydrogen) atoms. The van der Waals surface area contributed by atoms with Crippen LogP contribution in [0.15, 0.2) is 12.2 Å². The van der Waals surface area contributed by atoms with Gasteiger partial charge in [-0.15, -0.1) is 0 Å². The van der Waals surface area contributed by atoms with E-state index in [1.54, 1.807) is 0 Å². The van der Waals surface area contributed by atoms with E-state index in [4.69, 9.17) is 0 Å². The van der Waals surface area contributed by atoms with Crippen molar-refractivity contribution in [3.8, 4) is 0 Å². The van der Waals surface area contributed by atoms with Crippen molar-refractivity contribution in [2.75, 3.05) is 27.2 Å². The fraction of sp³-hybridized carbons (Fsp3) is 0.692. The van der Waals surface area contributed by atoms with Crippen molar-refractivity contribution in [1.29, 1.82) is 0 Å². The number of carbonyl (C=O) groups excluding carboxylic acids is 2. The Morgan fingerprint density at radius 1 is 1.12 bits per heavy atom. The van der Waals surface area contributed by atoms with Crippen LogP contribution in [0.25, 0.3) is 0 Å². The molecule has 0 aromatic heterocycles. The number of esters is 1. The lowest BCUT2D eigenvalue weighted by atomic mass is 9.99. The number of nitrogens with zero attached hydrogens (tertiary/aromatic N) is 1. The number of carboxylic acids is 1. The molecule has 0 N–H and O–H groups in total. The van der Waals surface area contributed by atoms with Crippen LogP contribution in [0, 0.1) is 0 Å². The zero-order valence-electron chi connectivity index (χ0n) is 13.4. The third-order valence-electron chi connectivity index (χ3n) is 3.29. The van der Waals surface area contributed by atoms with Gasteiger partial charge in [0.25, 0.3) is 0 Å². The summed E-state index contributed by atoms with van der Waals surface area (Å²) >= 11 is 0. The Labute approximate surface area is 138 Å². The van der Waals surface area contributed by atoms with Crippen molar-refractivity contribution < 1.29 is 54.6 Å². The predicted molar refractivity (Wildman–Crippen MR) is 67.5 cm³/mol. The van der Waals surface area contributed by atoms with Crippen LogP contribution in [0.2, 0.25) is 0 Å². The van der Waals surface area contributed by atoms with Gasteiger partial charge in [-0.05, 0) is 6.92 Å². The molecule has 0 aromatic carbocycles. The number of halogens is 7. The third kappa shape index (κ3) is 4.83. The number of hydrogen-bond donors (Lipinski definition) is 0. The normalized spacial score (nSPS) is 14.8. The molecular formula is C13H16F7NO4. The number of hydrogen-bond acceptors (Lipinski definition) is 4. The summed E-state index contributed by atoms with van der Waals surface area (Å²) < 4.78 is 93.6. The van der Waals surface area contributed by atoms with Gasteiger partial charge in [-0.1, -0.05) is 6.58 Å². The first-order valence-electron chi connectivity index (χ1n) is 6.58. The molecule has 0 rings (SSSR count). The second-order valence-corrected chi connectivity index (χ2v) is 5.84. The second kappa shape index (κ2) is 7.18. The number of quaternary nitrogens is 1. The fourth-order valence-electron chi connectivity index (χ4n) is 1.86. The lowest BCUT2D eigenvalue weighted by Crippen LogP contribution is -2.72. The number of carboxylic acid groups (broad SMARTS) is 1. The van der Waals surface area contributed by atoms with Crippen molar-refractivity contribution in [3.63, 3.8) is 0 Å². The van der Waals surface area contributed by atoms with E-state index in [-0.39, 0.29) is 5.57 Å². The topological polar surface area (TPSA) is 66.4 Å². The van der Waals surface area contributed by atoms with Crippen molar-refractivity contribution in [1.82, 2.24) is 0 Å². The standard InChI is InChI=1S/C13H16F7NO4/c1-7(2)10(24)25-6-5-21(3,4)8(9(22)23)11(14,15)12(16,17)13(18,19)20/h8H,1,5-6H2,2-4H3. The van der Waals surface area contributed by atoms with E-state index in [2.05, 4.69) is 11.3 Å². The molecule has 146 valence electrons. The Hall–Kier alpha value is -1.85. The number of rotatable bonds is 8. The van der Waals surface area contributed by atoms with E-state index < -0.39 is 53.6 Å². The van der Waals surface area contributed by atoms with Gasteiger partial charge in [0.05, 0.1) is 14.1 Å². The number of carbonyl (C=O) groups is 2. The molecule has 0 aromatic rings. The Morgan fingerprint density at radius 3 is 1.88 bits per heavy atom. The number of alkyl halides is 7. The maximum Gasteiger partial charge on any atom is 0.460 e. The van der Waals surface area contributed by atoms with Crippen molar-refractivity contribution in [2.45, 2.75) is 31.0 Å². The van der Waals surface area contributed by atoms with Gasteiger partial charge in [-0.2, -0.15) is 30.7 Å². The lowest BCUT2D eigenvalue weighted by Gasteiger charge is -2.43. The maximum atomic E-state index is 13.8. The Balaban J connectivity index is 5.62. The molecule has 5 nitrogen and oxygen atoms in total. The molecule has 0 aliphatic rings. The van der Waals surface area contributed by atoms with Crippen molar-refractivity contribution >= 4 is 11.9 Å². The van der Waals surface area contributed by atoms with E-state index in [0.29, 0.717) is 14.1 Å². The van der Waals surface area contributed by atoms with E-state index in [1.807, 2.05) is 0 Å². The van der Waals surface area contributed by atoms with Gasteiger partial charge in [-0.3, -0.25) is 0 Å². The minimum Gasteiger partial charge on any atom is -0.544 e. The molecule has 0 heterocycles. The first kappa shape index (κ1) is 23.1. The van der Waals surface area contributed by atoms with Gasteiger partial charge >= 0.3 is 24.0 Å². The van der Waals surface area contributed by atoms with Gasteiger partial charge in [-0.25, -0.2) is 4.79 Å². The Kier molecular flexibility index (Phi) is 6.65. The van der Waals surface area contributed by atoms with Crippen LogP contribution in [0.3, 0.4) is 0 Å². The highest BCUT2D eigenvalue weighted by atomic mass is 19.4. The summed E-state index contributed by atoms with van der Waals surface area (Å²) in [5.41, 5.74) is -0.0873. The highest BCUT2D eigenvalue weighted by Gasteiger charge is 2.78. The smallest absolute Gasteiger partial charge is 0.460 e. The number of likely N-dealkylation sites (N-methyl/N-ethyl adjacent to an activating group) is 1. The van der Waals surface area contributed by atoms with Crippen LogP contribution in [-0.4, -0.2) is 67.7 Å². The van der Waals surface area contributed by atoms with Gasteiger partial charge in [0.2, 0.25) is 0 Å². The Bertz CT molecular complexity index is 543.